The van der Waals surface area contributed by atoms with Crippen LogP contribution in [0.5, 0.6) is 0 Å². The highest BCUT2D eigenvalue weighted by atomic mass is 35.5. The van der Waals surface area contributed by atoms with Gasteiger partial charge in [0.15, 0.2) is 5.60 Å². The fourth-order valence-corrected chi connectivity index (χ4v) is 5.05. The summed E-state index contributed by atoms with van der Waals surface area (Å²) in [6, 6.07) is 13.9. The summed E-state index contributed by atoms with van der Waals surface area (Å²) in [4.78, 5) is 36.8. The van der Waals surface area contributed by atoms with Gasteiger partial charge in [-0.2, -0.15) is 18.3 Å². The minimum Gasteiger partial charge on any atom is -0.381 e. The van der Waals surface area contributed by atoms with E-state index in [0.717, 1.165) is 7.05 Å². The number of halogens is 5. The first-order chi connectivity index (χ1) is 20.6. The van der Waals surface area contributed by atoms with Crippen LogP contribution in [0.1, 0.15) is 26.3 Å². The highest BCUT2D eigenvalue weighted by Gasteiger charge is 2.54. The number of amides is 3. The summed E-state index contributed by atoms with van der Waals surface area (Å²) in [6.07, 6.45) is -3.68. The van der Waals surface area contributed by atoms with E-state index in [1.165, 1.54) is 41.2 Å². The molecule has 5 N–H and O–H groups in total. The maximum atomic E-state index is 14.2. The maximum absolute atomic E-state index is 14.2. The van der Waals surface area contributed by atoms with Gasteiger partial charge in [-0.15, -0.1) is 0 Å². The smallest absolute Gasteiger partial charge is 0.381 e. The van der Waals surface area contributed by atoms with E-state index in [-0.39, 0.29) is 33.4 Å². The Morgan fingerprint density at radius 2 is 1.70 bits per heavy atom. The van der Waals surface area contributed by atoms with Gasteiger partial charge in [-0.05, 0) is 61.0 Å². The van der Waals surface area contributed by atoms with Crippen molar-refractivity contribution in [2.24, 2.45) is 5.73 Å². The van der Waals surface area contributed by atoms with Gasteiger partial charge in [0.25, 0.3) is 11.8 Å². The molecular formula is C29H27Cl2F3N6O4. The predicted octanol–water partition coefficient (Wildman–Crippen LogP) is 4.33. The Hall–Kier alpha value is -4.33. The Labute approximate surface area is 259 Å². The number of primary amides is 1. The van der Waals surface area contributed by atoms with Crippen molar-refractivity contribution in [3.8, 4) is 5.69 Å². The molecule has 0 radical (unpaired) electrons. The average molecular weight is 651 g/mol. The molecule has 0 aliphatic rings. The van der Waals surface area contributed by atoms with E-state index in [0.29, 0.717) is 27.1 Å². The number of hydrogen-bond donors (Lipinski definition) is 4. The average Bonchev–Trinajstić information content (AvgIpc) is 3.37. The Kier molecular flexibility index (Phi) is 9.42. The number of alkyl halides is 3. The summed E-state index contributed by atoms with van der Waals surface area (Å²) in [5, 5.41) is 20.7. The van der Waals surface area contributed by atoms with Crippen molar-refractivity contribution < 1.29 is 32.7 Å². The van der Waals surface area contributed by atoms with E-state index in [1.54, 1.807) is 31.2 Å². The zero-order valence-electron chi connectivity index (χ0n) is 23.4. The minimum absolute atomic E-state index is 0.0387. The number of nitrogens with one attached hydrogen (secondary N) is 2. The second kappa shape index (κ2) is 12.7. The number of fused-ring (bicyclic) bond motifs is 1. The van der Waals surface area contributed by atoms with E-state index in [4.69, 9.17) is 28.9 Å². The fraction of sp³-hybridized carbons (Fsp3) is 0.241. The normalized spacial score (nSPS) is 12.9. The molecule has 1 unspecified atom stereocenters. The van der Waals surface area contributed by atoms with Gasteiger partial charge >= 0.3 is 6.18 Å². The number of rotatable bonds is 10. The number of likely N-dealkylation sites (N-methyl/N-ethyl adjacent to an activating group) is 1. The number of benzene rings is 3. The SMILES string of the molecule is Cc1cc(NCC(O)(CN(C)C(=O)c2c(Cl)cccc2Cl)C(F)(F)F)c2cnn(-c3ccc(C(=O)NCC(N)=O)cc3)c2c1. The number of aromatic nitrogens is 2. The molecule has 1 atom stereocenters. The fourth-order valence-electron chi connectivity index (χ4n) is 4.49. The third-order valence-electron chi connectivity index (χ3n) is 6.75. The second-order valence-corrected chi connectivity index (χ2v) is 11.0. The largest absolute Gasteiger partial charge is 0.420 e. The molecule has 3 aromatic carbocycles. The van der Waals surface area contributed by atoms with Gasteiger partial charge in [0.1, 0.15) is 0 Å². The predicted molar refractivity (Wildman–Crippen MR) is 160 cm³/mol. The molecule has 0 saturated heterocycles. The van der Waals surface area contributed by atoms with Gasteiger partial charge in [0.05, 0.1) is 52.6 Å². The van der Waals surface area contributed by atoms with Crippen LogP contribution in [0.15, 0.2) is 60.8 Å². The molecule has 0 fully saturated rings. The molecule has 4 rings (SSSR count). The molecule has 15 heteroatoms. The van der Waals surface area contributed by atoms with Crippen LogP contribution in [-0.2, 0) is 4.79 Å². The number of carbonyl (C=O) groups excluding carboxylic acids is 3. The Bertz CT molecular complexity index is 1710. The Morgan fingerprint density at radius 1 is 1.07 bits per heavy atom. The van der Waals surface area contributed by atoms with Crippen LogP contribution in [0.2, 0.25) is 10.0 Å². The molecule has 3 amide bonds. The van der Waals surface area contributed by atoms with Crippen LogP contribution in [0.4, 0.5) is 18.9 Å². The highest BCUT2D eigenvalue weighted by molar-refractivity contribution is 6.39. The van der Waals surface area contributed by atoms with Gasteiger partial charge in [0, 0.05) is 23.7 Å². The van der Waals surface area contributed by atoms with Gasteiger partial charge in [-0.25, -0.2) is 4.68 Å². The molecule has 0 saturated carbocycles. The summed E-state index contributed by atoms with van der Waals surface area (Å²) in [5.74, 6) is -2.07. The number of hydrogen-bond acceptors (Lipinski definition) is 6. The topological polar surface area (TPSA) is 143 Å². The maximum Gasteiger partial charge on any atom is 0.420 e. The lowest BCUT2D eigenvalue weighted by Crippen LogP contribution is -2.58. The van der Waals surface area contributed by atoms with Gasteiger partial charge in [0.2, 0.25) is 5.91 Å². The molecule has 1 aromatic heterocycles. The highest BCUT2D eigenvalue weighted by Crippen LogP contribution is 2.34. The zero-order chi connectivity index (χ0) is 32.4. The van der Waals surface area contributed by atoms with Crippen molar-refractivity contribution >= 4 is 57.5 Å². The quantitative estimate of drug-likeness (QED) is 0.201. The van der Waals surface area contributed by atoms with Crippen LogP contribution in [0.3, 0.4) is 0 Å². The first kappa shape index (κ1) is 32.6. The summed E-state index contributed by atoms with van der Waals surface area (Å²) >= 11 is 12.1. The lowest BCUT2D eigenvalue weighted by Gasteiger charge is -2.34. The van der Waals surface area contributed by atoms with Crippen molar-refractivity contribution in [3.05, 3.63) is 87.5 Å². The van der Waals surface area contributed by atoms with E-state index in [1.807, 2.05) is 0 Å². The van der Waals surface area contributed by atoms with E-state index < -0.39 is 42.6 Å². The molecule has 0 spiro atoms. The standard InChI is InChI=1S/C29H27Cl2F3N6O4/c1-16-10-22(19-12-38-40(23(19)11-16)18-8-6-17(7-9-18)26(42)36-13-24(35)41)37-14-28(44,29(32,33)34)15-39(2)27(43)25-20(30)4-3-5-21(25)31/h3-12,37,44H,13-15H2,1-2H3,(H2,35,41)(H,36,42). The summed E-state index contributed by atoms with van der Waals surface area (Å²) in [5.41, 5.74) is 3.82. The first-order valence-corrected chi connectivity index (χ1v) is 13.7. The van der Waals surface area contributed by atoms with E-state index in [9.17, 15) is 32.7 Å². The molecule has 1 heterocycles. The van der Waals surface area contributed by atoms with Gasteiger partial charge < -0.3 is 26.4 Å². The molecule has 0 aliphatic heterocycles. The molecule has 4 aromatic rings. The van der Waals surface area contributed by atoms with Crippen molar-refractivity contribution in [3.63, 3.8) is 0 Å². The summed E-state index contributed by atoms with van der Waals surface area (Å²) in [6.45, 7) is -0.685. The van der Waals surface area contributed by atoms with Crippen LogP contribution in [-0.4, -0.2) is 76.0 Å². The van der Waals surface area contributed by atoms with E-state index >= 15 is 0 Å². The van der Waals surface area contributed by atoms with Crippen LogP contribution in [0, 0.1) is 6.92 Å². The van der Waals surface area contributed by atoms with Crippen molar-refractivity contribution in [2.75, 3.05) is 32.0 Å². The number of carbonyl (C=O) groups is 3. The van der Waals surface area contributed by atoms with Gasteiger partial charge in [-0.3, -0.25) is 14.4 Å². The summed E-state index contributed by atoms with van der Waals surface area (Å²) in [7, 11) is 1.11. The molecule has 10 nitrogen and oxygen atoms in total. The minimum atomic E-state index is -5.13. The molecule has 44 heavy (non-hydrogen) atoms. The number of nitrogens with two attached hydrogens (primary N) is 1. The first-order valence-electron chi connectivity index (χ1n) is 13.0. The lowest BCUT2D eigenvalue weighted by atomic mass is 10.0. The Morgan fingerprint density at radius 3 is 2.30 bits per heavy atom. The van der Waals surface area contributed by atoms with E-state index in [2.05, 4.69) is 15.7 Å². The van der Waals surface area contributed by atoms with Crippen LogP contribution >= 0.6 is 23.2 Å². The number of aliphatic hydroxyl groups is 1. The van der Waals surface area contributed by atoms with Crippen molar-refractivity contribution in [2.45, 2.75) is 18.7 Å². The molecule has 0 bridgehead atoms. The number of nitrogens with zero attached hydrogens (tertiary/aromatic N) is 3. The third-order valence-corrected chi connectivity index (χ3v) is 7.38. The lowest BCUT2D eigenvalue weighted by molar-refractivity contribution is -0.256. The zero-order valence-corrected chi connectivity index (χ0v) is 24.9. The van der Waals surface area contributed by atoms with Crippen LogP contribution < -0.4 is 16.4 Å². The van der Waals surface area contributed by atoms with Gasteiger partial charge in [-0.1, -0.05) is 29.3 Å². The van der Waals surface area contributed by atoms with Crippen molar-refractivity contribution in [1.29, 1.82) is 0 Å². The third kappa shape index (κ3) is 6.90. The molecule has 0 aliphatic carbocycles. The molecular weight excluding hydrogens is 624 g/mol. The molecule has 232 valence electrons. The van der Waals surface area contributed by atoms with Crippen LogP contribution in [0.25, 0.3) is 16.6 Å². The number of aryl methyl sites for hydroxylation is 1. The monoisotopic (exact) mass is 650 g/mol. The number of anilines is 1. The van der Waals surface area contributed by atoms with Crippen molar-refractivity contribution in [1.82, 2.24) is 20.0 Å². The summed E-state index contributed by atoms with van der Waals surface area (Å²) < 4.78 is 44.3. The second-order valence-electron chi connectivity index (χ2n) is 10.1. The Balaban J connectivity index is 1.58.